The van der Waals surface area contributed by atoms with E-state index < -0.39 is 9.84 Å². The van der Waals surface area contributed by atoms with Gasteiger partial charge in [-0.25, -0.2) is 8.42 Å². The summed E-state index contributed by atoms with van der Waals surface area (Å²) in [5.41, 5.74) is 0. The minimum atomic E-state index is -3.20. The van der Waals surface area contributed by atoms with Crippen LogP contribution in [0.1, 0.15) is 13.8 Å². The van der Waals surface area contributed by atoms with E-state index in [1.165, 1.54) is 0 Å². The molecule has 0 unspecified atom stereocenters. The molecule has 5 heteroatoms. The van der Waals surface area contributed by atoms with Gasteiger partial charge < -0.3 is 10.1 Å². The van der Waals surface area contributed by atoms with Crippen LogP contribution in [0.4, 0.5) is 0 Å². The fourth-order valence-electron chi connectivity index (χ4n) is 1.38. The highest BCUT2D eigenvalue weighted by molar-refractivity contribution is 7.91. The zero-order valence-electron chi connectivity index (χ0n) is 10.4. The molecule has 0 aromatic heterocycles. The first kappa shape index (κ1) is 14.0. The smallest absolute Gasteiger partial charge is 0.179 e. The number of benzene rings is 1. The number of hydrogen-bond donors (Lipinski definition) is 1. The molecule has 0 aliphatic carbocycles. The topological polar surface area (TPSA) is 55.4 Å². The molecule has 0 bridgehead atoms. The SMILES string of the molecule is COc1ccc(S(=O)(=O)CCNC(C)C)cc1. The number of nitrogens with one attached hydrogen (secondary N) is 1. The molecule has 0 saturated carbocycles. The summed E-state index contributed by atoms with van der Waals surface area (Å²) in [6.45, 7) is 4.44. The molecule has 0 aliphatic rings. The van der Waals surface area contributed by atoms with Crippen LogP contribution in [0.15, 0.2) is 29.2 Å². The molecule has 1 aromatic rings. The first-order valence-corrected chi connectivity index (χ1v) is 7.21. The third kappa shape index (κ3) is 4.36. The van der Waals surface area contributed by atoms with E-state index >= 15 is 0 Å². The molecule has 4 nitrogen and oxygen atoms in total. The Morgan fingerprint density at radius 3 is 2.29 bits per heavy atom. The van der Waals surface area contributed by atoms with Crippen molar-refractivity contribution in [2.75, 3.05) is 19.4 Å². The van der Waals surface area contributed by atoms with Gasteiger partial charge in [-0.2, -0.15) is 0 Å². The molecule has 0 atom stereocenters. The van der Waals surface area contributed by atoms with Crippen LogP contribution >= 0.6 is 0 Å². The van der Waals surface area contributed by atoms with Gasteiger partial charge in [-0.05, 0) is 24.3 Å². The van der Waals surface area contributed by atoms with E-state index in [1.54, 1.807) is 31.4 Å². The Hall–Kier alpha value is -1.07. The molecule has 0 amide bonds. The molecular formula is C12H19NO3S. The molecule has 1 aromatic carbocycles. The van der Waals surface area contributed by atoms with Crippen LogP contribution in [0.25, 0.3) is 0 Å². The maximum atomic E-state index is 11.9. The highest BCUT2D eigenvalue weighted by atomic mass is 32.2. The van der Waals surface area contributed by atoms with Crippen molar-refractivity contribution in [3.8, 4) is 5.75 Å². The van der Waals surface area contributed by atoms with Crippen molar-refractivity contribution in [2.24, 2.45) is 0 Å². The van der Waals surface area contributed by atoms with E-state index in [1.807, 2.05) is 13.8 Å². The van der Waals surface area contributed by atoms with Crippen molar-refractivity contribution in [1.29, 1.82) is 0 Å². The Kier molecular flexibility index (Phi) is 4.96. The average molecular weight is 257 g/mol. The molecule has 0 heterocycles. The number of hydrogen-bond acceptors (Lipinski definition) is 4. The number of methoxy groups -OCH3 is 1. The van der Waals surface area contributed by atoms with Crippen molar-refractivity contribution in [1.82, 2.24) is 5.32 Å². The first-order chi connectivity index (χ1) is 7.95. The maximum absolute atomic E-state index is 11.9. The molecule has 1 N–H and O–H groups in total. The summed E-state index contributed by atoms with van der Waals surface area (Å²) in [6, 6.07) is 6.75. The molecule has 0 aliphatic heterocycles. The summed E-state index contributed by atoms with van der Waals surface area (Å²) < 4.78 is 28.9. The second kappa shape index (κ2) is 6.02. The summed E-state index contributed by atoms with van der Waals surface area (Å²) in [4.78, 5) is 0.337. The normalized spacial score (nSPS) is 11.8. The molecule has 0 spiro atoms. The van der Waals surface area contributed by atoms with Gasteiger partial charge in [-0.3, -0.25) is 0 Å². The first-order valence-electron chi connectivity index (χ1n) is 5.56. The van der Waals surface area contributed by atoms with Gasteiger partial charge in [0.2, 0.25) is 0 Å². The van der Waals surface area contributed by atoms with Gasteiger partial charge in [0, 0.05) is 12.6 Å². The van der Waals surface area contributed by atoms with Gasteiger partial charge in [0.25, 0.3) is 0 Å². The summed E-state index contributed by atoms with van der Waals surface area (Å²) in [6.07, 6.45) is 0. The van der Waals surface area contributed by atoms with Crippen LogP contribution < -0.4 is 10.1 Å². The van der Waals surface area contributed by atoms with E-state index in [0.29, 0.717) is 23.2 Å². The third-order valence-electron chi connectivity index (χ3n) is 2.34. The van der Waals surface area contributed by atoms with Crippen LogP contribution in [-0.4, -0.2) is 33.9 Å². The van der Waals surface area contributed by atoms with Crippen molar-refractivity contribution in [3.63, 3.8) is 0 Å². The fraction of sp³-hybridized carbons (Fsp3) is 0.500. The fourth-order valence-corrected chi connectivity index (χ4v) is 2.56. The Morgan fingerprint density at radius 2 is 1.82 bits per heavy atom. The molecule has 17 heavy (non-hydrogen) atoms. The lowest BCUT2D eigenvalue weighted by Crippen LogP contribution is -2.28. The van der Waals surface area contributed by atoms with Crippen molar-refractivity contribution < 1.29 is 13.2 Å². The third-order valence-corrected chi connectivity index (χ3v) is 4.07. The highest BCUT2D eigenvalue weighted by Gasteiger charge is 2.13. The minimum Gasteiger partial charge on any atom is -0.497 e. The predicted molar refractivity (Wildman–Crippen MR) is 68.2 cm³/mol. The van der Waals surface area contributed by atoms with Gasteiger partial charge in [-0.15, -0.1) is 0 Å². The van der Waals surface area contributed by atoms with E-state index in [-0.39, 0.29) is 5.75 Å². The van der Waals surface area contributed by atoms with E-state index in [2.05, 4.69) is 5.32 Å². The van der Waals surface area contributed by atoms with E-state index in [0.717, 1.165) is 0 Å². The van der Waals surface area contributed by atoms with Crippen LogP contribution in [0, 0.1) is 0 Å². The Morgan fingerprint density at radius 1 is 1.24 bits per heavy atom. The van der Waals surface area contributed by atoms with Gasteiger partial charge in [-0.1, -0.05) is 13.8 Å². The van der Waals surface area contributed by atoms with Gasteiger partial charge in [0.1, 0.15) is 5.75 Å². The lowest BCUT2D eigenvalue weighted by molar-refractivity contribution is 0.414. The van der Waals surface area contributed by atoms with E-state index in [4.69, 9.17) is 4.74 Å². The summed E-state index contributed by atoms with van der Waals surface area (Å²) in [7, 11) is -1.65. The largest absolute Gasteiger partial charge is 0.497 e. The zero-order chi connectivity index (χ0) is 12.9. The van der Waals surface area contributed by atoms with Crippen molar-refractivity contribution >= 4 is 9.84 Å². The highest BCUT2D eigenvalue weighted by Crippen LogP contribution is 2.16. The Labute approximate surface area is 103 Å². The van der Waals surface area contributed by atoms with Crippen LogP contribution in [0.2, 0.25) is 0 Å². The summed E-state index contributed by atoms with van der Waals surface area (Å²) in [5, 5.41) is 3.09. The van der Waals surface area contributed by atoms with Crippen molar-refractivity contribution in [2.45, 2.75) is 24.8 Å². The summed E-state index contributed by atoms with van der Waals surface area (Å²) in [5.74, 6) is 0.765. The van der Waals surface area contributed by atoms with Crippen molar-refractivity contribution in [3.05, 3.63) is 24.3 Å². The second-order valence-corrected chi connectivity index (χ2v) is 6.21. The number of sulfone groups is 1. The molecular weight excluding hydrogens is 238 g/mol. The molecule has 96 valence electrons. The molecule has 0 fully saturated rings. The van der Waals surface area contributed by atoms with Gasteiger partial charge >= 0.3 is 0 Å². The molecule has 0 radical (unpaired) electrons. The Balaban J connectivity index is 2.68. The monoisotopic (exact) mass is 257 g/mol. The molecule has 0 saturated heterocycles. The van der Waals surface area contributed by atoms with Gasteiger partial charge in [0.15, 0.2) is 9.84 Å². The zero-order valence-corrected chi connectivity index (χ0v) is 11.3. The second-order valence-electron chi connectivity index (χ2n) is 4.10. The summed E-state index contributed by atoms with van der Waals surface area (Å²) >= 11 is 0. The Bertz CT molecular complexity index is 437. The predicted octanol–water partition coefficient (Wildman–Crippen LogP) is 1.47. The average Bonchev–Trinajstić information content (AvgIpc) is 2.28. The van der Waals surface area contributed by atoms with Crippen LogP contribution in [0.5, 0.6) is 5.75 Å². The number of ether oxygens (including phenoxy) is 1. The lowest BCUT2D eigenvalue weighted by atomic mass is 10.3. The lowest BCUT2D eigenvalue weighted by Gasteiger charge is -2.09. The van der Waals surface area contributed by atoms with Crippen LogP contribution in [-0.2, 0) is 9.84 Å². The standard InChI is InChI=1S/C12H19NO3S/c1-10(2)13-8-9-17(14,15)12-6-4-11(16-3)5-7-12/h4-7,10,13H,8-9H2,1-3H3. The minimum absolute atomic E-state index is 0.109. The number of rotatable bonds is 6. The maximum Gasteiger partial charge on any atom is 0.179 e. The molecule has 1 rings (SSSR count). The van der Waals surface area contributed by atoms with Gasteiger partial charge in [0.05, 0.1) is 17.8 Å². The van der Waals surface area contributed by atoms with E-state index in [9.17, 15) is 8.42 Å². The van der Waals surface area contributed by atoms with Crippen LogP contribution in [0.3, 0.4) is 0 Å². The quantitative estimate of drug-likeness (QED) is 0.838.